The molecule has 2 aliphatic rings. The Hall–Kier alpha value is -0.300. The van der Waals surface area contributed by atoms with E-state index >= 15 is 0 Å². The number of hydrogen-bond acceptors (Lipinski definition) is 7. The molecule has 0 aromatic carbocycles. The quantitative estimate of drug-likeness (QED) is 0.0230. The number of methoxy groups -OCH3 is 1. The zero-order valence-electron chi connectivity index (χ0n) is 31.4. The highest BCUT2D eigenvalue weighted by atomic mass is 127. The van der Waals surface area contributed by atoms with E-state index in [1.54, 1.807) is 0 Å². The Kier molecular flexibility index (Phi) is 20.5. The second-order valence-electron chi connectivity index (χ2n) is 15.6. The predicted octanol–water partition coefficient (Wildman–Crippen LogP) is 6.53. The van der Waals surface area contributed by atoms with Gasteiger partial charge in [-0.05, 0) is 88.0 Å². The Balaban J connectivity index is 2.00. The fourth-order valence-corrected chi connectivity index (χ4v) is 9.65. The lowest BCUT2D eigenvalue weighted by atomic mass is 9.82. The van der Waals surface area contributed by atoms with Crippen molar-refractivity contribution in [3.8, 4) is 0 Å². The van der Waals surface area contributed by atoms with Crippen LogP contribution in [0.4, 0.5) is 0 Å². The first-order chi connectivity index (χ1) is 22.4. The second-order valence-corrected chi connectivity index (χ2v) is 16.9. The van der Waals surface area contributed by atoms with Crippen LogP contribution in [0.2, 0.25) is 0 Å². The highest BCUT2D eigenvalue weighted by molar-refractivity contribution is 14.1. The number of rotatable bonds is 23. The van der Waals surface area contributed by atoms with Crippen molar-refractivity contribution in [1.29, 1.82) is 0 Å². The summed E-state index contributed by atoms with van der Waals surface area (Å²) < 4.78 is 6.35. The zero-order valence-corrected chi connectivity index (χ0v) is 33.5. The van der Waals surface area contributed by atoms with Crippen LogP contribution in [-0.4, -0.2) is 77.4 Å². The summed E-state index contributed by atoms with van der Waals surface area (Å²) in [4.78, 5) is 13.2. The molecule has 47 heavy (non-hydrogen) atoms. The van der Waals surface area contributed by atoms with Crippen molar-refractivity contribution in [3.63, 3.8) is 0 Å². The summed E-state index contributed by atoms with van der Waals surface area (Å²) in [6.07, 6.45) is 14.5. The number of allylic oxidation sites excluding steroid dienone is 1. The van der Waals surface area contributed by atoms with Crippen molar-refractivity contribution in [2.75, 3.05) is 20.8 Å². The minimum Gasteiger partial charge on any atom is -0.394 e. The SMILES string of the molecule is CCC(C)[C@H](NC(O)C(N[C@@H](I)[C@@H](NC)C(C)C)C(C)C)C(CCC1CCC[C@H]1CC(C)C(=O)N[C@H](CO)CC1=CCCCC1)OC. The molecule has 1 amide bonds. The van der Waals surface area contributed by atoms with E-state index in [0.29, 0.717) is 29.7 Å². The van der Waals surface area contributed by atoms with Crippen LogP contribution in [0.15, 0.2) is 11.6 Å². The molecular formula is C38H73IN4O4. The van der Waals surface area contributed by atoms with Crippen LogP contribution in [-0.2, 0) is 9.53 Å². The van der Waals surface area contributed by atoms with Gasteiger partial charge in [0.25, 0.3) is 0 Å². The largest absolute Gasteiger partial charge is 0.394 e. The molecule has 9 heteroatoms. The summed E-state index contributed by atoms with van der Waals surface area (Å²) in [7, 11) is 3.82. The maximum absolute atomic E-state index is 13.2. The number of likely N-dealkylation sites (N-methyl/N-ethyl adjacent to an activating group) is 1. The summed E-state index contributed by atoms with van der Waals surface area (Å²) in [5.41, 5.74) is 1.38. The smallest absolute Gasteiger partial charge is 0.223 e. The lowest BCUT2D eigenvalue weighted by Gasteiger charge is -2.39. The van der Waals surface area contributed by atoms with Crippen molar-refractivity contribution in [1.82, 2.24) is 21.3 Å². The highest BCUT2D eigenvalue weighted by Crippen LogP contribution is 2.40. The Morgan fingerprint density at radius 2 is 1.68 bits per heavy atom. The van der Waals surface area contributed by atoms with E-state index in [-0.39, 0.29) is 52.6 Å². The van der Waals surface area contributed by atoms with Gasteiger partial charge >= 0.3 is 0 Å². The van der Waals surface area contributed by atoms with Gasteiger partial charge in [-0.2, -0.15) is 0 Å². The van der Waals surface area contributed by atoms with E-state index in [4.69, 9.17) is 4.74 Å². The van der Waals surface area contributed by atoms with Crippen LogP contribution in [0, 0.1) is 35.5 Å². The summed E-state index contributed by atoms with van der Waals surface area (Å²) in [5.74, 6) is 2.16. The summed E-state index contributed by atoms with van der Waals surface area (Å²) in [5, 5.41) is 35.6. The van der Waals surface area contributed by atoms with E-state index in [1.165, 1.54) is 37.7 Å². The van der Waals surface area contributed by atoms with Crippen LogP contribution in [0.25, 0.3) is 0 Å². The zero-order chi connectivity index (χ0) is 35.1. The van der Waals surface area contributed by atoms with E-state index in [0.717, 1.165) is 44.9 Å². The summed E-state index contributed by atoms with van der Waals surface area (Å²) >= 11 is 2.47. The molecule has 2 rings (SSSR count). The van der Waals surface area contributed by atoms with Crippen molar-refractivity contribution in [3.05, 3.63) is 11.6 Å². The number of carbonyl (C=O) groups excluding carboxylic acids is 1. The van der Waals surface area contributed by atoms with Gasteiger partial charge in [0.05, 0.1) is 22.8 Å². The number of ether oxygens (including phenoxy) is 1. The molecule has 0 spiro atoms. The molecule has 1 saturated carbocycles. The van der Waals surface area contributed by atoms with Crippen LogP contribution in [0.5, 0.6) is 0 Å². The molecular weight excluding hydrogens is 703 g/mol. The molecule has 0 aromatic rings. The van der Waals surface area contributed by atoms with Gasteiger partial charge in [-0.3, -0.25) is 15.4 Å². The lowest BCUT2D eigenvalue weighted by Crippen LogP contribution is -2.61. The van der Waals surface area contributed by atoms with E-state index in [9.17, 15) is 15.0 Å². The molecule has 11 atom stereocenters. The molecule has 6 unspecified atom stereocenters. The molecule has 0 bridgehead atoms. The molecule has 6 N–H and O–H groups in total. The molecule has 1 fully saturated rings. The van der Waals surface area contributed by atoms with E-state index in [1.807, 2.05) is 14.2 Å². The standard InChI is InChI=1S/C38H73IN4O4/c1-10-26(6)35(43-38(46)34(25(4)5)42-36(39)33(40-8)24(2)3)32(47-9)20-19-29-17-14-18-30(29)21-27(7)37(45)41-31(23-44)22-28-15-12-11-13-16-28/h15,24-27,29-36,38,40,42-44,46H,10-14,16-23H2,1-9H3,(H,41,45)/t26?,27?,29?,30-,31-,32?,33-,34?,35-,36+,38?/m0/s1. The molecule has 0 saturated heterocycles. The molecule has 0 aliphatic heterocycles. The lowest BCUT2D eigenvalue weighted by molar-refractivity contribution is -0.126. The normalized spacial score (nSPS) is 24.7. The Morgan fingerprint density at radius 1 is 1.00 bits per heavy atom. The van der Waals surface area contributed by atoms with Gasteiger partial charge in [-0.1, -0.05) is 108 Å². The average molecular weight is 777 g/mol. The Morgan fingerprint density at radius 3 is 2.23 bits per heavy atom. The molecule has 0 aromatic heterocycles. The summed E-state index contributed by atoms with van der Waals surface area (Å²) in [6.45, 7) is 15.3. The number of aliphatic hydroxyl groups excluding tert-OH is 2. The van der Waals surface area contributed by atoms with Gasteiger partial charge in [-0.25, -0.2) is 0 Å². The van der Waals surface area contributed by atoms with E-state index < -0.39 is 6.23 Å². The fraction of sp³-hybridized carbons (Fsp3) is 0.921. The Bertz CT molecular complexity index is 905. The topological polar surface area (TPSA) is 115 Å². The number of halogens is 1. The first-order valence-electron chi connectivity index (χ1n) is 19.0. The predicted molar refractivity (Wildman–Crippen MR) is 204 cm³/mol. The summed E-state index contributed by atoms with van der Waals surface area (Å²) in [6, 6.07) is 0.0293. The minimum absolute atomic E-state index is 0.00934. The number of amides is 1. The number of alkyl halides is 1. The third-order valence-corrected chi connectivity index (χ3v) is 12.4. The minimum atomic E-state index is -0.704. The first kappa shape index (κ1) is 42.9. The van der Waals surface area contributed by atoms with Crippen LogP contribution in [0.1, 0.15) is 126 Å². The molecule has 0 heterocycles. The highest BCUT2D eigenvalue weighted by Gasteiger charge is 2.36. The second kappa shape index (κ2) is 22.5. The van der Waals surface area contributed by atoms with Gasteiger partial charge in [0.2, 0.25) is 5.91 Å². The molecule has 8 nitrogen and oxygen atoms in total. The number of nitrogens with one attached hydrogen (secondary N) is 4. The fourth-order valence-electron chi connectivity index (χ4n) is 8.04. The van der Waals surface area contributed by atoms with Gasteiger partial charge in [0, 0.05) is 31.2 Å². The van der Waals surface area contributed by atoms with Crippen molar-refractivity contribution in [2.24, 2.45) is 35.5 Å². The molecule has 276 valence electrons. The first-order valence-corrected chi connectivity index (χ1v) is 20.2. The third kappa shape index (κ3) is 14.1. The van der Waals surface area contributed by atoms with Gasteiger partial charge in [-0.15, -0.1) is 0 Å². The van der Waals surface area contributed by atoms with Gasteiger partial charge in [0.15, 0.2) is 0 Å². The maximum atomic E-state index is 13.2. The van der Waals surface area contributed by atoms with Crippen LogP contribution < -0.4 is 21.3 Å². The van der Waals surface area contributed by atoms with Crippen LogP contribution in [0.3, 0.4) is 0 Å². The van der Waals surface area contributed by atoms with E-state index in [2.05, 4.69) is 98.4 Å². The number of hydrogen-bond donors (Lipinski definition) is 6. The van der Waals surface area contributed by atoms with Crippen molar-refractivity contribution < 1.29 is 19.7 Å². The average Bonchev–Trinajstić information content (AvgIpc) is 3.49. The number of aliphatic hydroxyl groups is 2. The Labute approximate surface area is 302 Å². The maximum Gasteiger partial charge on any atom is 0.223 e. The molecule has 2 aliphatic carbocycles. The third-order valence-electron chi connectivity index (χ3n) is 11.3. The van der Waals surface area contributed by atoms with Gasteiger partial charge < -0.3 is 25.6 Å². The molecule has 0 radical (unpaired) electrons. The van der Waals surface area contributed by atoms with Gasteiger partial charge in [0.1, 0.15) is 6.23 Å². The van der Waals surface area contributed by atoms with Crippen LogP contribution >= 0.6 is 22.6 Å². The van der Waals surface area contributed by atoms with Crippen molar-refractivity contribution >= 4 is 28.5 Å². The van der Waals surface area contributed by atoms with Crippen molar-refractivity contribution in [2.45, 2.75) is 166 Å². The number of carbonyl (C=O) groups is 1. The monoisotopic (exact) mass is 776 g/mol.